The third-order valence-corrected chi connectivity index (χ3v) is 14.5. The molecule has 0 saturated heterocycles. The molecule has 81 heavy (non-hydrogen) atoms. The first kappa shape index (κ1) is 52.6. The van der Waals surface area contributed by atoms with Crippen LogP contribution in [-0.2, 0) is 0 Å². The highest BCUT2D eigenvalue weighted by atomic mass is 15.1. The summed E-state index contributed by atoms with van der Waals surface area (Å²) in [7, 11) is 0. The molecule has 0 saturated carbocycles. The lowest BCUT2D eigenvalue weighted by atomic mass is 10.0. The minimum atomic E-state index is 1.09. The maximum atomic E-state index is 3.46. The number of fused-ring (bicyclic) bond motifs is 8. The molecule has 0 bridgehead atoms. The predicted molar refractivity (Wildman–Crippen MR) is 351 cm³/mol. The summed E-state index contributed by atoms with van der Waals surface area (Å²) in [5.41, 5.74) is 17.5. The van der Waals surface area contributed by atoms with Crippen molar-refractivity contribution >= 4 is 71.4 Å². The lowest BCUT2D eigenvalue weighted by Gasteiger charge is -2.26. The highest BCUT2D eigenvalue weighted by Gasteiger charge is 2.22. The number of nitrogens with zero attached hydrogens (tertiary/aromatic N) is 3. The molecule has 0 radical (unpaired) electrons. The Bertz CT molecular complexity index is 4290. The van der Waals surface area contributed by atoms with Gasteiger partial charge in [-0.05, 0) is 137 Å². The molecule has 0 atom stereocenters. The molecular weight excluding hydrogens is 979 g/mol. The molecule has 0 aliphatic carbocycles. The zero-order chi connectivity index (χ0) is 55.3. The SMILES string of the molecule is C=C/C=C\C.C=CC.c1ccc(-c2ccc(N(c3ccc(-c4ccccc4)cc3)c3ccc4ccc(-n5c6ccccc6c6ccc7c(c8ccccc8n7-c7ccc(-c8ccccc8)cc7)c65)cc4c3)cc2)cc1.c1ccccc1. The topological polar surface area (TPSA) is 13.1 Å². The van der Waals surface area contributed by atoms with Crippen molar-refractivity contribution in [3.05, 3.63) is 335 Å². The Balaban J connectivity index is 0.000000440. The van der Waals surface area contributed by atoms with E-state index in [-0.39, 0.29) is 0 Å². The minimum Gasteiger partial charge on any atom is -0.310 e. The van der Waals surface area contributed by atoms with Gasteiger partial charge in [-0.1, -0.05) is 249 Å². The molecular formula is C78H63N3. The van der Waals surface area contributed by atoms with E-state index in [2.05, 4.69) is 288 Å². The normalized spacial score (nSPS) is 10.9. The van der Waals surface area contributed by atoms with E-state index in [1.807, 2.05) is 62.4 Å². The van der Waals surface area contributed by atoms with E-state index >= 15 is 0 Å². The Morgan fingerprint density at radius 3 is 1.22 bits per heavy atom. The van der Waals surface area contributed by atoms with Gasteiger partial charge in [-0.15, -0.1) is 6.58 Å². The quantitative estimate of drug-likeness (QED) is 0.104. The molecule has 0 N–H and O–H groups in total. The van der Waals surface area contributed by atoms with Crippen LogP contribution < -0.4 is 4.90 Å². The van der Waals surface area contributed by atoms with Crippen molar-refractivity contribution in [1.82, 2.24) is 9.13 Å². The average molecular weight is 1040 g/mol. The van der Waals surface area contributed by atoms with Crippen molar-refractivity contribution in [1.29, 1.82) is 0 Å². The number of aromatic nitrogens is 2. The maximum absolute atomic E-state index is 3.46. The summed E-state index contributed by atoms with van der Waals surface area (Å²) in [4.78, 5) is 2.38. The van der Waals surface area contributed by atoms with Crippen molar-refractivity contribution < 1.29 is 0 Å². The number of rotatable bonds is 9. The molecule has 0 spiro atoms. The summed E-state index contributed by atoms with van der Waals surface area (Å²) in [5, 5.41) is 7.31. The largest absolute Gasteiger partial charge is 0.310 e. The molecule has 0 fully saturated rings. The van der Waals surface area contributed by atoms with E-state index in [1.54, 1.807) is 12.2 Å². The van der Waals surface area contributed by atoms with Crippen molar-refractivity contribution in [3.63, 3.8) is 0 Å². The number of benzene rings is 12. The van der Waals surface area contributed by atoms with E-state index in [4.69, 9.17) is 0 Å². The van der Waals surface area contributed by atoms with Gasteiger partial charge in [0.25, 0.3) is 0 Å². The molecule has 14 aromatic rings. The van der Waals surface area contributed by atoms with Gasteiger partial charge in [0, 0.05) is 50.0 Å². The number of para-hydroxylation sites is 2. The van der Waals surface area contributed by atoms with Crippen LogP contribution in [0.1, 0.15) is 13.8 Å². The Morgan fingerprint density at radius 2 is 0.728 bits per heavy atom. The fourth-order valence-corrected chi connectivity index (χ4v) is 10.8. The van der Waals surface area contributed by atoms with Crippen LogP contribution >= 0.6 is 0 Å². The molecule has 390 valence electrons. The molecule has 2 heterocycles. The van der Waals surface area contributed by atoms with Crippen LogP contribution in [-0.4, -0.2) is 9.13 Å². The average Bonchev–Trinajstić information content (AvgIpc) is 4.04. The summed E-state index contributed by atoms with van der Waals surface area (Å²) in [6.07, 6.45) is 7.33. The maximum Gasteiger partial charge on any atom is 0.0641 e. The summed E-state index contributed by atoms with van der Waals surface area (Å²) in [5.74, 6) is 0. The van der Waals surface area contributed by atoms with E-state index in [1.165, 1.54) is 87.8 Å². The van der Waals surface area contributed by atoms with Gasteiger partial charge in [0.1, 0.15) is 0 Å². The first-order valence-corrected chi connectivity index (χ1v) is 27.6. The standard InChI is InChI=1S/C64H43N3.C6H6.C5H8.C3H6/c1-4-14-44(15-5-1)47-24-32-52(33-25-47)65(53-34-26-48(27-35-53)45-16-6-2-7-17-45)55-38-30-50-31-39-56(43-51(50)42-55)67-60-22-12-10-20-57(60)58-40-41-62-63(64(58)67)59-21-11-13-23-61(59)66(62)54-36-28-49(29-37-54)46-18-8-3-9-19-46;1-2-4-6-5-3-1;1-3-5-4-2;1-3-2/h1-43H;1-6H;3-5H,1H2,2H3;3H,1H2,2H3/b;;5-4-;. The number of hydrogen-bond donors (Lipinski definition) is 0. The fraction of sp³-hybridized carbons (Fsp3) is 0.0256. The molecule has 3 heteroatoms. The lowest BCUT2D eigenvalue weighted by molar-refractivity contribution is 1.18. The first-order valence-electron chi connectivity index (χ1n) is 27.6. The second-order valence-corrected chi connectivity index (χ2v) is 19.7. The smallest absolute Gasteiger partial charge is 0.0641 e. The Kier molecular flexibility index (Phi) is 16.2. The third-order valence-electron chi connectivity index (χ3n) is 14.5. The molecule has 2 aromatic heterocycles. The van der Waals surface area contributed by atoms with Gasteiger partial charge in [-0.25, -0.2) is 0 Å². The van der Waals surface area contributed by atoms with Gasteiger partial charge < -0.3 is 14.0 Å². The molecule has 3 nitrogen and oxygen atoms in total. The minimum absolute atomic E-state index is 1.09. The zero-order valence-corrected chi connectivity index (χ0v) is 45.9. The van der Waals surface area contributed by atoms with Crippen LogP contribution in [0.25, 0.3) is 99.1 Å². The number of allylic oxidation sites excluding steroid dienone is 4. The summed E-state index contributed by atoms with van der Waals surface area (Å²) < 4.78 is 4.93. The van der Waals surface area contributed by atoms with Gasteiger partial charge >= 0.3 is 0 Å². The predicted octanol–water partition coefficient (Wildman–Crippen LogP) is 22.1. The van der Waals surface area contributed by atoms with Gasteiger partial charge in [0.2, 0.25) is 0 Å². The lowest BCUT2D eigenvalue weighted by Crippen LogP contribution is -2.10. The highest BCUT2D eigenvalue weighted by molar-refractivity contribution is 6.26. The van der Waals surface area contributed by atoms with E-state index in [9.17, 15) is 0 Å². The zero-order valence-electron chi connectivity index (χ0n) is 45.9. The van der Waals surface area contributed by atoms with Crippen LogP contribution in [0, 0.1) is 0 Å². The Labute approximate surface area is 476 Å². The van der Waals surface area contributed by atoms with E-state index in [0.717, 1.165) is 28.4 Å². The van der Waals surface area contributed by atoms with Crippen molar-refractivity contribution in [2.24, 2.45) is 0 Å². The summed E-state index contributed by atoms with van der Waals surface area (Å²) >= 11 is 0. The second kappa shape index (κ2) is 24.9. The second-order valence-electron chi connectivity index (χ2n) is 19.7. The van der Waals surface area contributed by atoms with Crippen LogP contribution in [0.3, 0.4) is 0 Å². The Hall–Kier alpha value is -10.5. The first-order chi connectivity index (χ1) is 40.1. The van der Waals surface area contributed by atoms with Crippen LogP contribution in [0.4, 0.5) is 17.1 Å². The third kappa shape index (κ3) is 11.2. The Morgan fingerprint density at radius 1 is 0.321 bits per heavy atom. The van der Waals surface area contributed by atoms with Gasteiger partial charge in [0.15, 0.2) is 0 Å². The highest BCUT2D eigenvalue weighted by Crippen LogP contribution is 2.44. The summed E-state index contributed by atoms with van der Waals surface area (Å²) in [6.45, 7) is 10.7. The van der Waals surface area contributed by atoms with Gasteiger partial charge in [-0.2, -0.15) is 0 Å². The van der Waals surface area contributed by atoms with Crippen LogP contribution in [0.15, 0.2) is 335 Å². The molecule has 0 amide bonds. The summed E-state index contributed by atoms with van der Waals surface area (Å²) in [6, 6.07) is 107. The van der Waals surface area contributed by atoms with Crippen molar-refractivity contribution in [3.8, 4) is 44.8 Å². The molecule has 14 rings (SSSR count). The fourth-order valence-electron chi connectivity index (χ4n) is 10.8. The molecule has 0 aliphatic rings. The van der Waals surface area contributed by atoms with Crippen molar-refractivity contribution in [2.75, 3.05) is 4.90 Å². The van der Waals surface area contributed by atoms with Crippen LogP contribution in [0.2, 0.25) is 0 Å². The molecule has 0 aliphatic heterocycles. The van der Waals surface area contributed by atoms with Crippen LogP contribution in [0.5, 0.6) is 0 Å². The monoisotopic (exact) mass is 1040 g/mol. The van der Waals surface area contributed by atoms with E-state index < -0.39 is 0 Å². The molecule has 0 unspecified atom stereocenters. The molecule has 12 aromatic carbocycles. The van der Waals surface area contributed by atoms with Gasteiger partial charge in [-0.3, -0.25) is 0 Å². The van der Waals surface area contributed by atoms with Gasteiger partial charge in [0.05, 0.1) is 22.1 Å². The van der Waals surface area contributed by atoms with E-state index in [0.29, 0.717) is 0 Å². The van der Waals surface area contributed by atoms with Crippen molar-refractivity contribution in [2.45, 2.75) is 13.8 Å². The number of hydrogen-bond acceptors (Lipinski definition) is 1. The number of anilines is 3.